The van der Waals surface area contributed by atoms with Gasteiger partial charge in [-0.1, -0.05) is 45.0 Å². The normalized spacial score (nSPS) is 20.6. The van der Waals surface area contributed by atoms with E-state index in [9.17, 15) is 9.59 Å². The molecule has 0 bridgehead atoms. The van der Waals surface area contributed by atoms with Gasteiger partial charge in [0.25, 0.3) is 0 Å². The Hall–Kier alpha value is -1.88. The van der Waals surface area contributed by atoms with Gasteiger partial charge in [0.2, 0.25) is 11.8 Å². The van der Waals surface area contributed by atoms with Crippen molar-refractivity contribution in [3.8, 4) is 0 Å². The highest BCUT2D eigenvalue weighted by molar-refractivity contribution is 5.78. The van der Waals surface area contributed by atoms with E-state index in [4.69, 9.17) is 0 Å². The molecule has 2 aliphatic rings. The van der Waals surface area contributed by atoms with Gasteiger partial charge in [0.15, 0.2) is 0 Å². The van der Waals surface area contributed by atoms with Crippen LogP contribution in [0.5, 0.6) is 0 Å². The number of hydrogen-bond acceptors (Lipinski definition) is 3. The fourth-order valence-corrected chi connectivity index (χ4v) is 5.57. The van der Waals surface area contributed by atoms with Crippen LogP contribution in [0.2, 0.25) is 0 Å². The first-order valence-corrected chi connectivity index (χ1v) is 12.5. The smallest absolute Gasteiger partial charge is 0.224 e. The molecule has 1 atom stereocenters. The second-order valence-electron chi connectivity index (χ2n) is 11.0. The fraction of sp³-hybridized carbons (Fsp3) is 0.704. The molecule has 1 saturated heterocycles. The van der Waals surface area contributed by atoms with Gasteiger partial charge in [0.05, 0.1) is 6.04 Å². The summed E-state index contributed by atoms with van der Waals surface area (Å²) in [6, 6.07) is 9.01. The van der Waals surface area contributed by atoms with E-state index in [2.05, 4.69) is 62.2 Å². The zero-order valence-corrected chi connectivity index (χ0v) is 20.9. The van der Waals surface area contributed by atoms with Gasteiger partial charge in [-0.25, -0.2) is 0 Å². The van der Waals surface area contributed by atoms with Crippen molar-refractivity contribution in [2.45, 2.75) is 84.6 Å². The molecule has 0 saturated carbocycles. The molecule has 178 valence electrons. The number of rotatable bonds is 7. The summed E-state index contributed by atoms with van der Waals surface area (Å²) in [5.41, 5.74) is 3.45. The number of benzene rings is 1. The maximum Gasteiger partial charge on any atom is 0.224 e. The van der Waals surface area contributed by atoms with Crippen LogP contribution >= 0.6 is 0 Å². The van der Waals surface area contributed by atoms with Crippen molar-refractivity contribution >= 4 is 11.8 Å². The lowest BCUT2D eigenvalue weighted by molar-refractivity contribution is -0.134. The van der Waals surface area contributed by atoms with Crippen LogP contribution in [0.3, 0.4) is 0 Å². The van der Waals surface area contributed by atoms with Crippen LogP contribution in [-0.4, -0.2) is 54.3 Å². The first-order valence-electron chi connectivity index (χ1n) is 12.5. The monoisotopic (exact) mass is 441 g/mol. The summed E-state index contributed by atoms with van der Waals surface area (Å²) < 4.78 is 0. The average Bonchev–Trinajstić information content (AvgIpc) is 2.75. The summed E-state index contributed by atoms with van der Waals surface area (Å²) in [5, 5.41) is 2.76. The molecule has 1 spiro atoms. The molecular formula is C27H43N3O2. The third kappa shape index (κ3) is 5.92. The Bertz CT molecular complexity index is 790. The Labute approximate surface area is 194 Å². The molecule has 1 fully saturated rings. The summed E-state index contributed by atoms with van der Waals surface area (Å²) in [5.74, 6) is 0.0497. The second-order valence-corrected chi connectivity index (χ2v) is 11.0. The van der Waals surface area contributed by atoms with Crippen LogP contribution in [0.15, 0.2) is 24.3 Å². The largest absolute Gasteiger partial charge is 0.356 e. The first kappa shape index (κ1) is 24.8. The van der Waals surface area contributed by atoms with E-state index in [1.807, 2.05) is 4.90 Å². The molecule has 1 aliphatic heterocycles. The van der Waals surface area contributed by atoms with Gasteiger partial charge >= 0.3 is 0 Å². The van der Waals surface area contributed by atoms with Crippen LogP contribution in [0.1, 0.15) is 90.3 Å². The van der Waals surface area contributed by atoms with E-state index in [0.717, 1.165) is 12.8 Å². The molecule has 1 aliphatic carbocycles. The molecule has 0 unspecified atom stereocenters. The molecule has 1 aromatic carbocycles. The number of amides is 2. The number of hydrogen-bond donors (Lipinski definition) is 1. The summed E-state index contributed by atoms with van der Waals surface area (Å²) in [7, 11) is 0. The van der Waals surface area contributed by atoms with Gasteiger partial charge in [-0.3, -0.25) is 9.59 Å². The van der Waals surface area contributed by atoms with Gasteiger partial charge in [0, 0.05) is 26.4 Å². The van der Waals surface area contributed by atoms with E-state index < -0.39 is 0 Å². The molecule has 1 aromatic rings. The molecule has 3 rings (SSSR count). The number of fused-ring (bicyclic) bond motifs is 2. The van der Waals surface area contributed by atoms with Crippen LogP contribution in [0, 0.1) is 5.41 Å². The van der Waals surface area contributed by atoms with Crippen molar-refractivity contribution in [3.05, 3.63) is 35.4 Å². The van der Waals surface area contributed by atoms with E-state index in [1.54, 1.807) is 0 Å². The Balaban J connectivity index is 1.72. The topological polar surface area (TPSA) is 52.7 Å². The maximum absolute atomic E-state index is 13.0. The van der Waals surface area contributed by atoms with Crippen LogP contribution in [0.25, 0.3) is 0 Å². The number of likely N-dealkylation sites (tertiary alicyclic amines) is 1. The highest BCUT2D eigenvalue weighted by Crippen LogP contribution is 2.49. The molecule has 1 N–H and O–H groups in total. The molecule has 5 heteroatoms. The first-order chi connectivity index (χ1) is 15.1. The van der Waals surface area contributed by atoms with E-state index >= 15 is 0 Å². The van der Waals surface area contributed by atoms with Crippen molar-refractivity contribution in [1.82, 2.24) is 15.1 Å². The highest BCUT2D eigenvalue weighted by Gasteiger charge is 2.43. The van der Waals surface area contributed by atoms with Crippen LogP contribution in [-0.2, 0) is 15.0 Å². The standard InChI is InChI=1S/C27H43N3O2/c1-6-30(25(32)12-17-28-21(2)31)24-11-13-27(23-10-8-7-9-22(23)24)15-19-29(20-16-27)18-14-26(3,4)5/h7-10,24H,6,11-20H2,1-5H3,(H,28,31)/t24-/m1/s1. The van der Waals surface area contributed by atoms with E-state index in [1.165, 1.54) is 56.9 Å². The molecule has 0 radical (unpaired) electrons. The summed E-state index contributed by atoms with van der Waals surface area (Å²) in [6.45, 7) is 15.2. The maximum atomic E-state index is 13.0. The summed E-state index contributed by atoms with van der Waals surface area (Å²) >= 11 is 0. The predicted octanol–water partition coefficient (Wildman–Crippen LogP) is 4.67. The third-order valence-electron chi connectivity index (χ3n) is 7.53. The van der Waals surface area contributed by atoms with Crippen LogP contribution in [0.4, 0.5) is 0 Å². The summed E-state index contributed by atoms with van der Waals surface area (Å²) in [6.07, 6.45) is 6.20. The molecule has 32 heavy (non-hydrogen) atoms. The minimum Gasteiger partial charge on any atom is -0.356 e. The van der Waals surface area contributed by atoms with Crippen molar-refractivity contribution in [1.29, 1.82) is 0 Å². The van der Waals surface area contributed by atoms with Crippen molar-refractivity contribution in [3.63, 3.8) is 0 Å². The Morgan fingerprint density at radius 3 is 2.47 bits per heavy atom. The number of carbonyl (C=O) groups excluding carboxylic acids is 2. The Morgan fingerprint density at radius 2 is 1.84 bits per heavy atom. The van der Waals surface area contributed by atoms with Crippen molar-refractivity contribution in [2.75, 3.05) is 32.7 Å². The number of nitrogens with one attached hydrogen (secondary N) is 1. The molecule has 5 nitrogen and oxygen atoms in total. The number of nitrogens with zero attached hydrogens (tertiary/aromatic N) is 2. The zero-order valence-electron chi connectivity index (χ0n) is 20.9. The minimum absolute atomic E-state index is 0.0837. The SMILES string of the molecule is CCN(C(=O)CCNC(C)=O)[C@@H]1CCC2(CCN(CCC(C)(C)C)CC2)c2ccccc21. The third-order valence-corrected chi connectivity index (χ3v) is 7.53. The van der Waals surface area contributed by atoms with Crippen molar-refractivity contribution < 1.29 is 9.59 Å². The number of carbonyl (C=O) groups is 2. The lowest BCUT2D eigenvalue weighted by Crippen LogP contribution is -2.47. The predicted molar refractivity (Wildman–Crippen MR) is 131 cm³/mol. The van der Waals surface area contributed by atoms with E-state index in [-0.39, 0.29) is 23.3 Å². The van der Waals surface area contributed by atoms with Crippen molar-refractivity contribution in [2.24, 2.45) is 5.41 Å². The lowest BCUT2D eigenvalue weighted by atomic mass is 9.63. The van der Waals surface area contributed by atoms with E-state index in [0.29, 0.717) is 24.9 Å². The average molecular weight is 442 g/mol. The molecular weight excluding hydrogens is 398 g/mol. The summed E-state index contributed by atoms with van der Waals surface area (Å²) in [4.78, 5) is 28.9. The fourth-order valence-electron chi connectivity index (χ4n) is 5.57. The Kier molecular flexibility index (Phi) is 8.02. The van der Waals surface area contributed by atoms with Gasteiger partial charge in [0.1, 0.15) is 0 Å². The molecule has 1 heterocycles. The van der Waals surface area contributed by atoms with Gasteiger partial charge in [-0.2, -0.15) is 0 Å². The Morgan fingerprint density at radius 1 is 1.16 bits per heavy atom. The van der Waals surface area contributed by atoms with Gasteiger partial charge in [-0.15, -0.1) is 0 Å². The number of piperidine rings is 1. The minimum atomic E-state index is -0.0837. The van der Waals surface area contributed by atoms with Crippen LogP contribution < -0.4 is 5.32 Å². The second kappa shape index (κ2) is 10.4. The zero-order chi connectivity index (χ0) is 23.4. The van der Waals surface area contributed by atoms with Gasteiger partial charge < -0.3 is 15.1 Å². The lowest BCUT2D eigenvalue weighted by Gasteiger charge is -2.49. The molecule has 2 amide bonds. The van der Waals surface area contributed by atoms with Gasteiger partial charge in [-0.05, 0) is 80.6 Å². The molecule has 0 aromatic heterocycles. The highest BCUT2D eigenvalue weighted by atomic mass is 16.2. The quantitative estimate of drug-likeness (QED) is 0.669.